The Morgan fingerprint density at radius 2 is 1.95 bits per heavy atom. The van der Waals surface area contributed by atoms with Gasteiger partial charge in [-0.3, -0.25) is 4.79 Å². The first-order valence-corrected chi connectivity index (χ1v) is 5.09. The number of nitrogens with two attached hydrogens (primary N) is 1. The summed E-state index contributed by atoms with van der Waals surface area (Å²) in [6.07, 6.45) is -8.53. The highest BCUT2D eigenvalue weighted by atomic mass is 19.4. The number of carbonyl (C=O) groups excluding carboxylic acids is 1. The molecule has 0 saturated carbocycles. The molecule has 8 heteroatoms. The van der Waals surface area contributed by atoms with Crippen LogP contribution in [0.4, 0.5) is 13.2 Å². The van der Waals surface area contributed by atoms with Crippen molar-refractivity contribution in [2.75, 3.05) is 7.11 Å². The average molecular weight is 279 g/mol. The minimum absolute atomic E-state index is 0.292. The summed E-state index contributed by atoms with van der Waals surface area (Å²) in [6, 6.07) is 2.68. The van der Waals surface area contributed by atoms with Gasteiger partial charge in [0.1, 0.15) is 11.9 Å². The number of primary amides is 1. The second kappa shape index (κ2) is 5.45. The number of amides is 1. The zero-order chi connectivity index (χ0) is 14.8. The van der Waals surface area contributed by atoms with Gasteiger partial charge in [-0.2, -0.15) is 13.2 Å². The number of hydrogen-bond acceptors (Lipinski definition) is 4. The lowest BCUT2D eigenvalue weighted by atomic mass is 10.0. The van der Waals surface area contributed by atoms with Crippen molar-refractivity contribution in [1.29, 1.82) is 0 Å². The van der Waals surface area contributed by atoms with E-state index in [1.54, 1.807) is 0 Å². The van der Waals surface area contributed by atoms with E-state index in [2.05, 4.69) is 4.74 Å². The maximum atomic E-state index is 12.7. The van der Waals surface area contributed by atoms with Crippen molar-refractivity contribution >= 4 is 5.91 Å². The quantitative estimate of drug-likeness (QED) is 0.752. The average Bonchev–Trinajstić information content (AvgIpc) is 2.35. The standard InChI is InChI=1S/C11H12F3NO4/c1-19-7-3-2-5(4-6(7)11(12,13)14)8(16)9(17)10(15)18/h2-4,8-9,16-17H,1H3,(H2,15,18). The van der Waals surface area contributed by atoms with E-state index in [1.807, 2.05) is 0 Å². The van der Waals surface area contributed by atoms with E-state index in [0.29, 0.717) is 6.07 Å². The molecule has 0 fully saturated rings. The molecule has 0 heterocycles. The summed E-state index contributed by atoms with van der Waals surface area (Å²) in [7, 11) is 1.07. The molecule has 1 amide bonds. The van der Waals surface area contributed by atoms with Crippen LogP contribution in [-0.2, 0) is 11.0 Å². The van der Waals surface area contributed by atoms with Crippen LogP contribution in [0.5, 0.6) is 5.75 Å². The molecule has 5 nitrogen and oxygen atoms in total. The molecule has 0 aliphatic carbocycles. The molecule has 1 aromatic carbocycles. The third-order valence-corrected chi connectivity index (χ3v) is 2.46. The topological polar surface area (TPSA) is 92.8 Å². The summed E-state index contributed by atoms with van der Waals surface area (Å²) in [5, 5.41) is 18.8. The maximum absolute atomic E-state index is 12.7. The number of carbonyl (C=O) groups is 1. The zero-order valence-corrected chi connectivity index (χ0v) is 9.81. The van der Waals surface area contributed by atoms with Gasteiger partial charge in [0.05, 0.1) is 12.7 Å². The SMILES string of the molecule is COc1ccc(C(O)C(O)C(N)=O)cc1C(F)(F)F. The van der Waals surface area contributed by atoms with Gasteiger partial charge in [0.15, 0.2) is 6.10 Å². The lowest BCUT2D eigenvalue weighted by Crippen LogP contribution is -2.34. The second-order valence-electron chi connectivity index (χ2n) is 3.75. The molecule has 0 aliphatic heterocycles. The van der Waals surface area contributed by atoms with Crippen LogP contribution in [0.1, 0.15) is 17.2 Å². The Bertz CT molecular complexity index is 475. The van der Waals surface area contributed by atoms with Crippen molar-refractivity contribution in [2.45, 2.75) is 18.4 Å². The van der Waals surface area contributed by atoms with Crippen molar-refractivity contribution in [3.63, 3.8) is 0 Å². The number of aliphatic hydroxyl groups is 2. The Hall–Kier alpha value is -1.80. The number of benzene rings is 1. The first-order valence-electron chi connectivity index (χ1n) is 5.09. The molecule has 4 N–H and O–H groups in total. The molecular formula is C11H12F3NO4. The predicted molar refractivity (Wildman–Crippen MR) is 58.2 cm³/mol. The van der Waals surface area contributed by atoms with Crippen molar-refractivity contribution < 1.29 is 32.9 Å². The van der Waals surface area contributed by atoms with Gasteiger partial charge in [-0.15, -0.1) is 0 Å². The van der Waals surface area contributed by atoms with E-state index < -0.39 is 35.6 Å². The van der Waals surface area contributed by atoms with Gasteiger partial charge < -0.3 is 20.7 Å². The van der Waals surface area contributed by atoms with E-state index in [4.69, 9.17) is 5.73 Å². The Morgan fingerprint density at radius 3 is 2.37 bits per heavy atom. The molecule has 0 aliphatic rings. The van der Waals surface area contributed by atoms with E-state index >= 15 is 0 Å². The minimum atomic E-state index is -4.70. The fraction of sp³-hybridized carbons (Fsp3) is 0.364. The van der Waals surface area contributed by atoms with E-state index in [9.17, 15) is 28.2 Å². The summed E-state index contributed by atoms with van der Waals surface area (Å²) in [5.74, 6) is -1.67. The first-order chi connectivity index (χ1) is 8.68. The van der Waals surface area contributed by atoms with Gasteiger partial charge >= 0.3 is 6.18 Å². The molecule has 19 heavy (non-hydrogen) atoms. The normalized spacial score (nSPS) is 14.8. The molecular weight excluding hydrogens is 267 g/mol. The van der Waals surface area contributed by atoms with Crippen LogP contribution in [0.2, 0.25) is 0 Å². The number of hydrogen-bond donors (Lipinski definition) is 3. The van der Waals surface area contributed by atoms with Crippen LogP contribution in [0.15, 0.2) is 18.2 Å². The summed E-state index contributed by atoms with van der Waals surface area (Å²) < 4.78 is 42.7. The van der Waals surface area contributed by atoms with Crippen LogP contribution in [0.25, 0.3) is 0 Å². The maximum Gasteiger partial charge on any atom is 0.419 e. The number of aliphatic hydroxyl groups excluding tert-OH is 2. The fourth-order valence-corrected chi connectivity index (χ4v) is 1.47. The monoisotopic (exact) mass is 279 g/mol. The van der Waals surface area contributed by atoms with Gasteiger partial charge in [0.2, 0.25) is 5.91 Å². The molecule has 0 spiro atoms. The Kier molecular flexibility index (Phi) is 4.38. The van der Waals surface area contributed by atoms with Crippen molar-refractivity contribution in [2.24, 2.45) is 5.73 Å². The summed E-state index contributed by atoms with van der Waals surface area (Å²) in [6.45, 7) is 0. The van der Waals surface area contributed by atoms with E-state index in [0.717, 1.165) is 19.2 Å². The largest absolute Gasteiger partial charge is 0.496 e. The number of halogens is 3. The molecule has 1 rings (SSSR count). The van der Waals surface area contributed by atoms with E-state index in [-0.39, 0.29) is 5.56 Å². The highest BCUT2D eigenvalue weighted by Crippen LogP contribution is 2.37. The zero-order valence-electron chi connectivity index (χ0n) is 9.81. The van der Waals surface area contributed by atoms with E-state index in [1.165, 1.54) is 0 Å². The Morgan fingerprint density at radius 1 is 1.37 bits per heavy atom. The fourth-order valence-electron chi connectivity index (χ4n) is 1.47. The van der Waals surface area contributed by atoms with Gasteiger partial charge in [0.25, 0.3) is 0 Å². The third-order valence-electron chi connectivity index (χ3n) is 2.46. The number of methoxy groups -OCH3 is 1. The molecule has 1 aromatic rings. The van der Waals surface area contributed by atoms with Crippen LogP contribution in [0, 0.1) is 0 Å². The second-order valence-corrected chi connectivity index (χ2v) is 3.75. The molecule has 0 aromatic heterocycles. The van der Waals surface area contributed by atoms with Crippen molar-refractivity contribution in [1.82, 2.24) is 0 Å². The highest BCUT2D eigenvalue weighted by Gasteiger charge is 2.35. The van der Waals surface area contributed by atoms with Crippen LogP contribution >= 0.6 is 0 Å². The van der Waals surface area contributed by atoms with Gasteiger partial charge in [-0.05, 0) is 17.7 Å². The number of alkyl halides is 3. The summed E-state index contributed by atoms with van der Waals surface area (Å²) in [5.41, 5.74) is 3.34. The molecule has 2 unspecified atom stereocenters. The molecule has 2 atom stereocenters. The Labute approximate surface area is 106 Å². The third kappa shape index (κ3) is 3.36. The van der Waals surface area contributed by atoms with Crippen LogP contribution in [-0.4, -0.2) is 29.3 Å². The predicted octanol–water partition coefficient (Wildman–Crippen LogP) is 0.594. The highest BCUT2D eigenvalue weighted by molar-refractivity contribution is 5.79. The summed E-state index contributed by atoms with van der Waals surface area (Å²) in [4.78, 5) is 10.7. The minimum Gasteiger partial charge on any atom is -0.496 e. The van der Waals surface area contributed by atoms with Gasteiger partial charge in [-0.25, -0.2) is 0 Å². The first kappa shape index (κ1) is 15.3. The molecule has 0 bridgehead atoms. The molecule has 0 radical (unpaired) electrons. The van der Waals surface area contributed by atoms with Gasteiger partial charge in [-0.1, -0.05) is 6.07 Å². The smallest absolute Gasteiger partial charge is 0.419 e. The van der Waals surface area contributed by atoms with Crippen molar-refractivity contribution in [3.05, 3.63) is 29.3 Å². The number of ether oxygens (including phenoxy) is 1. The van der Waals surface area contributed by atoms with Crippen molar-refractivity contribution in [3.8, 4) is 5.75 Å². The van der Waals surface area contributed by atoms with Crippen LogP contribution < -0.4 is 10.5 Å². The molecule has 106 valence electrons. The van der Waals surface area contributed by atoms with Crippen LogP contribution in [0.3, 0.4) is 0 Å². The Balaban J connectivity index is 3.22. The van der Waals surface area contributed by atoms with Gasteiger partial charge in [0, 0.05) is 0 Å². The lowest BCUT2D eigenvalue weighted by molar-refractivity contribution is -0.138. The lowest BCUT2D eigenvalue weighted by Gasteiger charge is -2.18. The molecule has 0 saturated heterocycles. The number of rotatable bonds is 4. The summed E-state index contributed by atoms with van der Waals surface area (Å²) >= 11 is 0.